The Labute approximate surface area is 536 Å². The highest BCUT2D eigenvalue weighted by atomic mass is 32.1. The third kappa shape index (κ3) is 9.07. The summed E-state index contributed by atoms with van der Waals surface area (Å²) in [6.07, 6.45) is 0. The molecule has 13 aromatic rings. The number of fused-ring (bicyclic) bond motifs is 13. The number of anilines is 9. The second kappa shape index (κ2) is 20.1. The summed E-state index contributed by atoms with van der Waals surface area (Å²) in [5.74, 6) is 0. The molecule has 10 aromatic carbocycles. The van der Waals surface area contributed by atoms with Gasteiger partial charge in [-0.2, -0.15) is 0 Å². The molecule has 5 heterocycles. The standard InChI is InChI=1S/C83H82BN5S/c1-79(2,3)51-31-38-58(39-32-51)87-69-48-60(86(56-25-19-17-20-26-56)57-27-21-18-22-28-57)49-70-74(69)84(78-75(87)64-47-55(83(13,14)15)37-44-72(64)90-78)65-50-71(89-67-42-35-53(81(7,8)9)45-62(67)63-46-54(82(10,11)12)36-43-68(63)89)77-73(61-29-23-24-30-66(61)85(77)16)76(65)88(70)59-40-33-52(34-41-59)80(4,5)6/h17-50H,1-16H3. The fourth-order valence-corrected chi connectivity index (χ4v) is 15.9. The Bertz CT molecular complexity index is 4920. The van der Waals surface area contributed by atoms with E-state index in [2.05, 4.69) is 341 Å². The van der Waals surface area contributed by atoms with Crippen molar-refractivity contribution in [1.82, 2.24) is 9.13 Å². The van der Waals surface area contributed by atoms with Crippen molar-refractivity contribution in [3.63, 3.8) is 0 Å². The number of hydrogen-bond donors (Lipinski definition) is 0. The lowest BCUT2D eigenvalue weighted by Gasteiger charge is -2.44. The Balaban J connectivity index is 1.16. The number of aryl methyl sites for hydroxylation is 1. The smallest absolute Gasteiger partial charge is 0.264 e. The first-order valence-electron chi connectivity index (χ1n) is 32.3. The molecule has 15 rings (SSSR count). The average molecular weight is 1190 g/mol. The molecule has 0 radical (unpaired) electrons. The van der Waals surface area contributed by atoms with Crippen LogP contribution in [0.3, 0.4) is 0 Å². The SMILES string of the molecule is Cn1c2ccccc2c2c3c(cc(-n4c5ccc(C(C)(C)C)cc5c5cc(C(C)(C)C)ccc54)c21)B1c2sc4ccc(C(C)(C)C)cc4c2N(c2ccc(C(C)(C)C)cc2)c2cc(N(c4ccccc4)c4ccccc4)cc(c21)N3c1ccc(C(C)(C)C)cc1. The minimum atomic E-state index is -0.183. The van der Waals surface area contributed by atoms with Gasteiger partial charge in [0.1, 0.15) is 0 Å². The van der Waals surface area contributed by atoms with Gasteiger partial charge in [0.05, 0.1) is 39.3 Å². The lowest BCUT2D eigenvalue weighted by molar-refractivity contribution is 0.590. The fourth-order valence-electron chi connectivity index (χ4n) is 14.6. The maximum atomic E-state index is 2.68. The summed E-state index contributed by atoms with van der Waals surface area (Å²) >= 11 is 1.98. The zero-order chi connectivity index (χ0) is 62.9. The quantitative estimate of drug-likeness (QED) is 0.155. The van der Waals surface area contributed by atoms with Crippen LogP contribution in [0.25, 0.3) is 59.4 Å². The second-order valence-corrected chi connectivity index (χ2v) is 31.9. The van der Waals surface area contributed by atoms with Crippen LogP contribution in [-0.4, -0.2) is 15.8 Å². The van der Waals surface area contributed by atoms with Crippen LogP contribution in [0.4, 0.5) is 51.2 Å². The van der Waals surface area contributed by atoms with Crippen molar-refractivity contribution >= 4 is 139 Å². The van der Waals surface area contributed by atoms with Crippen molar-refractivity contribution in [2.24, 2.45) is 7.05 Å². The van der Waals surface area contributed by atoms with Gasteiger partial charge in [0, 0.05) is 83.1 Å². The van der Waals surface area contributed by atoms with E-state index in [1.54, 1.807) is 0 Å². The molecular weight excluding hydrogens is 1110 g/mol. The first-order valence-corrected chi connectivity index (χ1v) is 33.2. The first-order chi connectivity index (χ1) is 42.7. The third-order valence-electron chi connectivity index (χ3n) is 19.6. The van der Waals surface area contributed by atoms with Crippen LogP contribution in [0.5, 0.6) is 0 Å². The van der Waals surface area contributed by atoms with Crippen LogP contribution >= 0.6 is 11.3 Å². The van der Waals surface area contributed by atoms with Crippen molar-refractivity contribution in [2.75, 3.05) is 14.7 Å². The molecular formula is C83H82BN5S. The molecule has 0 spiro atoms. The third-order valence-corrected chi connectivity index (χ3v) is 20.9. The molecule has 0 aliphatic carbocycles. The predicted octanol–water partition coefficient (Wildman–Crippen LogP) is 21.7. The number of nitrogens with zero attached hydrogens (tertiary/aromatic N) is 5. The summed E-state index contributed by atoms with van der Waals surface area (Å²) in [6, 6.07) is 79.8. The van der Waals surface area contributed by atoms with E-state index >= 15 is 0 Å². The maximum absolute atomic E-state index is 2.68. The van der Waals surface area contributed by atoms with Crippen molar-refractivity contribution in [3.05, 3.63) is 234 Å². The fraction of sp³-hybridized carbons (Fsp3) is 0.253. The van der Waals surface area contributed by atoms with Crippen molar-refractivity contribution in [1.29, 1.82) is 0 Å². The Morgan fingerprint density at radius 1 is 0.367 bits per heavy atom. The molecule has 2 aliphatic rings. The van der Waals surface area contributed by atoms with E-state index in [0.29, 0.717) is 0 Å². The van der Waals surface area contributed by atoms with Crippen molar-refractivity contribution in [2.45, 2.75) is 131 Å². The molecule has 0 amide bonds. The minimum absolute atomic E-state index is 0.0319. The first kappa shape index (κ1) is 57.7. The van der Waals surface area contributed by atoms with Gasteiger partial charge in [-0.3, -0.25) is 0 Å². The topological polar surface area (TPSA) is 19.6 Å². The molecule has 3 aromatic heterocycles. The van der Waals surface area contributed by atoms with E-state index in [9.17, 15) is 0 Å². The number of benzene rings is 10. The summed E-state index contributed by atoms with van der Waals surface area (Å²) in [7, 11) is 2.30. The van der Waals surface area contributed by atoms with E-state index in [-0.39, 0.29) is 33.8 Å². The molecule has 0 unspecified atom stereocenters. The zero-order valence-electron chi connectivity index (χ0n) is 55.4. The van der Waals surface area contributed by atoms with Crippen LogP contribution in [0.15, 0.2) is 206 Å². The summed E-state index contributed by atoms with van der Waals surface area (Å²) < 4.78 is 7.77. The van der Waals surface area contributed by atoms with Crippen LogP contribution in [0.1, 0.15) is 132 Å². The molecule has 0 fully saturated rings. The number of hydrogen-bond acceptors (Lipinski definition) is 4. The molecule has 0 saturated heterocycles. The number of thiophene rings is 1. The zero-order valence-corrected chi connectivity index (χ0v) is 56.2. The van der Waals surface area contributed by atoms with Gasteiger partial charge in [0.15, 0.2) is 0 Å². The van der Waals surface area contributed by atoms with Gasteiger partial charge in [-0.1, -0.05) is 201 Å². The Hall–Kier alpha value is -8.78. The second-order valence-electron chi connectivity index (χ2n) is 30.8. The van der Waals surface area contributed by atoms with Crippen molar-refractivity contribution in [3.8, 4) is 5.69 Å². The van der Waals surface area contributed by atoms with E-state index in [1.807, 2.05) is 11.3 Å². The Kier molecular flexibility index (Phi) is 12.9. The Morgan fingerprint density at radius 3 is 1.29 bits per heavy atom. The summed E-state index contributed by atoms with van der Waals surface area (Å²) in [5, 5.41) is 6.31. The van der Waals surface area contributed by atoms with Gasteiger partial charge in [-0.15, -0.1) is 11.3 Å². The largest absolute Gasteiger partial charge is 0.342 e. The molecule has 2 aliphatic heterocycles. The minimum Gasteiger partial charge on any atom is -0.342 e. The lowest BCUT2D eigenvalue weighted by atomic mass is 9.36. The van der Waals surface area contributed by atoms with Gasteiger partial charge in [-0.05, 0) is 175 Å². The molecule has 0 bridgehead atoms. The highest BCUT2D eigenvalue weighted by Gasteiger charge is 2.48. The molecule has 0 saturated carbocycles. The normalized spacial score (nSPS) is 13.7. The predicted molar refractivity (Wildman–Crippen MR) is 392 cm³/mol. The van der Waals surface area contributed by atoms with Crippen LogP contribution in [0.2, 0.25) is 0 Å². The van der Waals surface area contributed by atoms with Gasteiger partial charge < -0.3 is 23.8 Å². The monoisotopic (exact) mass is 1190 g/mol. The van der Waals surface area contributed by atoms with E-state index in [1.165, 1.54) is 126 Å². The molecule has 90 heavy (non-hydrogen) atoms. The van der Waals surface area contributed by atoms with Gasteiger partial charge in [0.25, 0.3) is 6.71 Å². The number of para-hydroxylation sites is 3. The van der Waals surface area contributed by atoms with Gasteiger partial charge in [-0.25, -0.2) is 0 Å². The molecule has 448 valence electrons. The molecule has 7 heteroatoms. The number of rotatable bonds is 6. The Morgan fingerprint density at radius 2 is 0.800 bits per heavy atom. The summed E-state index contributed by atoms with van der Waals surface area (Å²) in [4.78, 5) is 7.81. The summed E-state index contributed by atoms with van der Waals surface area (Å²) in [6.45, 7) is 34.8. The highest BCUT2D eigenvalue weighted by molar-refractivity contribution is 7.33. The molecule has 0 atom stereocenters. The highest BCUT2D eigenvalue weighted by Crippen LogP contribution is 2.54. The lowest BCUT2D eigenvalue weighted by Crippen LogP contribution is -2.60. The molecule has 0 N–H and O–H groups in total. The average Bonchev–Trinajstić information content (AvgIpc) is 1.29. The van der Waals surface area contributed by atoms with Crippen LogP contribution in [0, 0.1) is 0 Å². The van der Waals surface area contributed by atoms with Crippen LogP contribution < -0.4 is 30.4 Å². The summed E-state index contributed by atoms with van der Waals surface area (Å²) in [5.41, 5.74) is 25.2. The van der Waals surface area contributed by atoms with E-state index in [0.717, 1.165) is 28.4 Å². The van der Waals surface area contributed by atoms with Gasteiger partial charge >= 0.3 is 0 Å². The maximum Gasteiger partial charge on any atom is 0.264 e. The van der Waals surface area contributed by atoms with Gasteiger partial charge in [0.2, 0.25) is 0 Å². The van der Waals surface area contributed by atoms with E-state index in [4.69, 9.17) is 0 Å². The van der Waals surface area contributed by atoms with Crippen LogP contribution in [-0.2, 0) is 34.1 Å². The molecule has 5 nitrogen and oxygen atoms in total. The van der Waals surface area contributed by atoms with E-state index < -0.39 is 0 Å². The number of aromatic nitrogens is 2. The van der Waals surface area contributed by atoms with Crippen molar-refractivity contribution < 1.29 is 0 Å².